The first-order valence-electron chi connectivity index (χ1n) is 7.98. The predicted octanol–water partition coefficient (Wildman–Crippen LogP) is 4.85. The molecule has 2 aromatic carbocycles. The largest absolute Gasteiger partial charge is 0.253 e. The molecule has 0 aliphatic carbocycles. The van der Waals surface area contributed by atoms with Crippen LogP contribution in [0.25, 0.3) is 11.3 Å². The highest BCUT2D eigenvalue weighted by atomic mass is 32.1. The van der Waals surface area contributed by atoms with Crippen molar-refractivity contribution in [1.29, 1.82) is 0 Å². The van der Waals surface area contributed by atoms with E-state index in [4.69, 9.17) is 0 Å². The standard InChI is InChI=1S/C20H17F2N3S/c1-3-12-23-20-25(24-14(2)15-8-10-16(21)11-9-15)19(13-26-20)17-6-4-5-7-18(17)22/h3-11,13H,1,12H2,2H3. The molecule has 0 spiro atoms. The number of rotatable bonds is 5. The van der Waals surface area contributed by atoms with Gasteiger partial charge in [-0.05, 0) is 36.8 Å². The van der Waals surface area contributed by atoms with Gasteiger partial charge in [-0.3, -0.25) is 4.99 Å². The molecule has 3 nitrogen and oxygen atoms in total. The predicted molar refractivity (Wildman–Crippen MR) is 102 cm³/mol. The maximum Gasteiger partial charge on any atom is 0.206 e. The summed E-state index contributed by atoms with van der Waals surface area (Å²) in [6.07, 6.45) is 1.68. The van der Waals surface area contributed by atoms with Gasteiger partial charge in [0.2, 0.25) is 4.80 Å². The lowest BCUT2D eigenvalue weighted by molar-refractivity contribution is 0.627. The van der Waals surface area contributed by atoms with Gasteiger partial charge < -0.3 is 0 Å². The van der Waals surface area contributed by atoms with Crippen LogP contribution in [-0.2, 0) is 0 Å². The maximum absolute atomic E-state index is 14.3. The second kappa shape index (κ2) is 8.01. The van der Waals surface area contributed by atoms with Gasteiger partial charge in [0, 0.05) is 10.9 Å². The van der Waals surface area contributed by atoms with Crippen molar-refractivity contribution in [2.24, 2.45) is 10.1 Å². The summed E-state index contributed by atoms with van der Waals surface area (Å²) in [5, 5.41) is 6.44. The molecule has 0 radical (unpaired) electrons. The van der Waals surface area contributed by atoms with Crippen LogP contribution in [0.5, 0.6) is 0 Å². The van der Waals surface area contributed by atoms with E-state index in [9.17, 15) is 8.78 Å². The van der Waals surface area contributed by atoms with Crippen LogP contribution >= 0.6 is 11.3 Å². The molecule has 0 N–H and O–H groups in total. The number of benzene rings is 2. The van der Waals surface area contributed by atoms with E-state index >= 15 is 0 Å². The van der Waals surface area contributed by atoms with Gasteiger partial charge in [0.25, 0.3) is 0 Å². The molecule has 0 amide bonds. The molecule has 3 rings (SSSR count). The molecule has 0 fully saturated rings. The molecule has 0 aliphatic heterocycles. The van der Waals surface area contributed by atoms with Crippen LogP contribution in [0.2, 0.25) is 0 Å². The Bertz CT molecular complexity index is 1010. The first-order valence-corrected chi connectivity index (χ1v) is 8.86. The second-order valence-corrected chi connectivity index (χ2v) is 6.35. The Kier molecular flexibility index (Phi) is 5.53. The third-order valence-corrected chi connectivity index (χ3v) is 4.56. The first-order chi connectivity index (χ1) is 12.6. The van der Waals surface area contributed by atoms with Crippen molar-refractivity contribution in [3.05, 3.63) is 88.6 Å². The highest BCUT2D eigenvalue weighted by Crippen LogP contribution is 2.23. The fourth-order valence-corrected chi connectivity index (χ4v) is 3.23. The summed E-state index contributed by atoms with van der Waals surface area (Å²) in [6.45, 7) is 5.92. The van der Waals surface area contributed by atoms with Crippen LogP contribution in [0.3, 0.4) is 0 Å². The number of nitrogens with zero attached hydrogens (tertiary/aromatic N) is 3. The van der Waals surface area contributed by atoms with Gasteiger partial charge in [0.15, 0.2) is 0 Å². The summed E-state index contributed by atoms with van der Waals surface area (Å²) in [4.78, 5) is 5.06. The van der Waals surface area contributed by atoms with Gasteiger partial charge in [0.1, 0.15) is 11.6 Å². The van der Waals surface area contributed by atoms with Crippen molar-refractivity contribution in [2.75, 3.05) is 6.54 Å². The van der Waals surface area contributed by atoms with Gasteiger partial charge in [0.05, 0.1) is 18.0 Å². The lowest BCUT2D eigenvalue weighted by Crippen LogP contribution is -2.14. The molecule has 1 heterocycles. The molecule has 0 saturated carbocycles. The summed E-state index contributed by atoms with van der Waals surface area (Å²) >= 11 is 1.37. The average molecular weight is 369 g/mol. The molecular formula is C20H17F2N3S. The SMILES string of the molecule is C=CCN=c1scc(-c2ccccc2F)n1N=C(C)c1ccc(F)cc1. The topological polar surface area (TPSA) is 29.6 Å². The molecule has 0 atom stereocenters. The van der Waals surface area contributed by atoms with E-state index in [1.807, 2.05) is 12.3 Å². The van der Waals surface area contributed by atoms with E-state index in [1.165, 1.54) is 29.5 Å². The lowest BCUT2D eigenvalue weighted by atomic mass is 10.1. The van der Waals surface area contributed by atoms with Crippen molar-refractivity contribution in [3.63, 3.8) is 0 Å². The zero-order chi connectivity index (χ0) is 18.5. The quantitative estimate of drug-likeness (QED) is 0.454. The Balaban J connectivity index is 2.16. The smallest absolute Gasteiger partial charge is 0.206 e. The van der Waals surface area contributed by atoms with Crippen molar-refractivity contribution in [1.82, 2.24) is 4.68 Å². The summed E-state index contributed by atoms with van der Waals surface area (Å²) in [5.74, 6) is -0.637. The van der Waals surface area contributed by atoms with E-state index in [1.54, 1.807) is 41.1 Å². The van der Waals surface area contributed by atoms with Gasteiger partial charge in [-0.15, -0.1) is 17.9 Å². The van der Waals surface area contributed by atoms with Gasteiger partial charge in [-0.1, -0.05) is 30.3 Å². The van der Waals surface area contributed by atoms with Crippen molar-refractivity contribution in [2.45, 2.75) is 6.92 Å². The molecule has 0 bridgehead atoms. The highest BCUT2D eigenvalue weighted by molar-refractivity contribution is 7.07. The number of thiazole rings is 1. The zero-order valence-corrected chi connectivity index (χ0v) is 15.0. The number of hydrogen-bond donors (Lipinski definition) is 0. The minimum atomic E-state index is -0.330. The van der Waals surface area contributed by atoms with E-state index < -0.39 is 0 Å². The van der Waals surface area contributed by atoms with Gasteiger partial charge >= 0.3 is 0 Å². The Hall–Kier alpha value is -2.86. The zero-order valence-electron chi connectivity index (χ0n) is 14.2. The minimum Gasteiger partial charge on any atom is -0.253 e. The fourth-order valence-electron chi connectivity index (χ4n) is 2.40. The highest BCUT2D eigenvalue weighted by Gasteiger charge is 2.12. The van der Waals surface area contributed by atoms with Gasteiger partial charge in [-0.2, -0.15) is 5.10 Å². The molecule has 26 heavy (non-hydrogen) atoms. The Morgan fingerprint density at radius 2 is 1.88 bits per heavy atom. The molecule has 6 heteroatoms. The van der Waals surface area contributed by atoms with Gasteiger partial charge in [-0.25, -0.2) is 13.5 Å². The average Bonchev–Trinajstić information content (AvgIpc) is 3.03. The number of hydrogen-bond acceptors (Lipinski definition) is 3. The van der Waals surface area contributed by atoms with E-state index in [0.717, 1.165) is 5.56 Å². The lowest BCUT2D eigenvalue weighted by Gasteiger charge is -2.07. The van der Waals surface area contributed by atoms with Crippen LogP contribution in [0, 0.1) is 11.6 Å². The Labute approximate surface area is 154 Å². The summed E-state index contributed by atoms with van der Waals surface area (Å²) in [6, 6.07) is 12.6. The summed E-state index contributed by atoms with van der Waals surface area (Å²) in [7, 11) is 0. The third-order valence-electron chi connectivity index (χ3n) is 3.70. The third kappa shape index (κ3) is 3.86. The van der Waals surface area contributed by atoms with Crippen LogP contribution in [0.1, 0.15) is 12.5 Å². The molecule has 1 aromatic heterocycles. The number of halogens is 2. The molecule has 3 aromatic rings. The van der Waals surface area contributed by atoms with Crippen molar-refractivity contribution >= 4 is 17.0 Å². The van der Waals surface area contributed by atoms with E-state index in [-0.39, 0.29) is 11.6 Å². The summed E-state index contributed by atoms with van der Waals surface area (Å²) in [5.41, 5.74) is 2.50. The first kappa shape index (κ1) is 17.9. The molecular weight excluding hydrogens is 352 g/mol. The Morgan fingerprint density at radius 3 is 2.58 bits per heavy atom. The van der Waals surface area contributed by atoms with Crippen LogP contribution in [0.4, 0.5) is 8.78 Å². The van der Waals surface area contributed by atoms with Crippen molar-refractivity contribution < 1.29 is 8.78 Å². The molecule has 0 saturated heterocycles. The van der Waals surface area contributed by atoms with Crippen LogP contribution < -0.4 is 4.80 Å². The molecule has 0 unspecified atom stereocenters. The molecule has 132 valence electrons. The maximum atomic E-state index is 14.3. The van der Waals surface area contributed by atoms with E-state index in [2.05, 4.69) is 16.7 Å². The second-order valence-electron chi connectivity index (χ2n) is 5.52. The molecule has 0 aliphatic rings. The van der Waals surface area contributed by atoms with Crippen molar-refractivity contribution in [3.8, 4) is 11.3 Å². The number of aromatic nitrogens is 1. The normalized spacial score (nSPS) is 12.4. The van der Waals surface area contributed by atoms with Crippen LogP contribution in [0.15, 0.2) is 76.7 Å². The summed E-state index contributed by atoms with van der Waals surface area (Å²) < 4.78 is 29.0. The minimum absolute atomic E-state index is 0.307. The fraction of sp³-hybridized carbons (Fsp3) is 0.100. The monoisotopic (exact) mass is 369 g/mol. The Morgan fingerprint density at radius 1 is 1.15 bits per heavy atom. The van der Waals surface area contributed by atoms with E-state index in [0.29, 0.717) is 28.3 Å². The van der Waals surface area contributed by atoms with Crippen LogP contribution in [-0.4, -0.2) is 16.9 Å².